The average Bonchev–Trinajstić information content (AvgIpc) is 1.78. The lowest BCUT2D eigenvalue weighted by Crippen LogP contribution is -2.40. The van der Waals surface area contributed by atoms with Crippen LogP contribution in [0, 0.1) is 30.5 Å². The predicted molar refractivity (Wildman–Crippen MR) is 394 cm³/mol. The molecule has 0 amide bonds. The van der Waals surface area contributed by atoms with Crippen LogP contribution in [-0.2, 0) is 36.1 Å². The number of halogens is 2. The molecule has 32 heteroatoms. The average molecular weight is 1470 g/mol. The molecule has 101 heavy (non-hydrogen) atoms. The molecule has 0 aliphatic carbocycles. The molecule has 6 aromatic carbocycles. The van der Waals surface area contributed by atoms with Gasteiger partial charge < -0.3 is 46.5 Å². The molecule has 25 nitrogen and oxygen atoms in total. The van der Waals surface area contributed by atoms with E-state index in [0.717, 1.165) is 68.7 Å². The summed E-state index contributed by atoms with van der Waals surface area (Å²) >= 11 is 10.1. The number of aliphatic hydroxyl groups is 1. The fraction of sp³-hybridized carbons (Fsp3) is 0.203. The molecule has 1 atom stereocenters. The standard InChI is InChI=1S/C25H24N6OS.C23H20N6O3S2.C21H18ClFN6O3S2/c1-2-17-5-3-6-20(13-17)28-23-22-24(27-16-26-23)30-25(33-22)29-19-10-8-18(9-11-19)14-31-12-4-7-21(31)15-32;1-2-16-4-3-5-18(14-16)26-21-20-22(25-15-24-21)28-23(33-20)27-17-6-8-19(9-7-17)34(30,31)29-10-12-32-13-11-29;22-16-11-14(3-6-17(16)23)26-19-18-20(25-12-24-19)28-21(33-18)27-13-1-4-15(5-2-13)34(30,31)29-7-9-32-10-8-29/h1,3,5-6,8-11,13,16,21,32H,4,7,12,14-15H2,(H2,26,27,28,29,30);1,3-9,14-15H,10-13H2,(H2,24,25,26,27,28);1-6,11-12H,7-10H2,(H2,24,25,26,27,28)/t21-;;/m0../s1. The molecule has 9 heterocycles. The van der Waals surface area contributed by atoms with Crippen LogP contribution in [0.2, 0.25) is 5.02 Å². The number of hydrogen-bond donors (Lipinski definition) is 7. The number of anilines is 12. The number of likely N-dealkylation sites (tertiary alicyclic amines) is 1. The van der Waals surface area contributed by atoms with Gasteiger partial charge in [0.15, 0.2) is 49.8 Å². The van der Waals surface area contributed by atoms with Crippen molar-refractivity contribution in [1.82, 2.24) is 58.4 Å². The van der Waals surface area contributed by atoms with Gasteiger partial charge >= 0.3 is 0 Å². The fourth-order valence-corrected chi connectivity index (χ4v) is 16.6. The largest absolute Gasteiger partial charge is 0.395 e. The molecule has 0 unspecified atom stereocenters. The smallest absolute Gasteiger partial charge is 0.243 e. The Morgan fingerprint density at radius 3 is 1.31 bits per heavy atom. The maximum absolute atomic E-state index is 13.4. The van der Waals surface area contributed by atoms with Crippen LogP contribution in [0.5, 0.6) is 0 Å². The van der Waals surface area contributed by atoms with Crippen molar-refractivity contribution in [3.05, 3.63) is 186 Å². The lowest BCUT2D eigenvalue weighted by Gasteiger charge is -2.26. The first-order valence-electron chi connectivity index (χ1n) is 31.5. The first-order valence-corrected chi connectivity index (χ1v) is 37.2. The first kappa shape index (κ1) is 69.5. The van der Waals surface area contributed by atoms with Crippen LogP contribution in [0.25, 0.3) is 31.0 Å². The van der Waals surface area contributed by atoms with Crippen molar-refractivity contribution in [3.63, 3.8) is 0 Å². The Balaban J connectivity index is 0.000000135. The molecule has 6 aromatic heterocycles. The van der Waals surface area contributed by atoms with Gasteiger partial charge in [-0.2, -0.15) is 23.6 Å². The third kappa shape index (κ3) is 16.9. The number of nitrogens with zero attached hydrogens (tertiary/aromatic N) is 12. The van der Waals surface area contributed by atoms with Gasteiger partial charge in [-0.25, -0.2) is 51.1 Å². The molecule has 0 spiro atoms. The molecule has 15 rings (SSSR count). The van der Waals surface area contributed by atoms with Gasteiger partial charge in [0, 0.05) is 84.0 Å². The summed E-state index contributed by atoms with van der Waals surface area (Å²) in [5.41, 5.74) is 9.06. The van der Waals surface area contributed by atoms with Gasteiger partial charge in [-0.05, 0) is 140 Å². The van der Waals surface area contributed by atoms with E-state index in [-0.39, 0.29) is 27.5 Å². The van der Waals surface area contributed by atoms with Crippen LogP contribution in [0.3, 0.4) is 0 Å². The number of rotatable bonds is 19. The van der Waals surface area contributed by atoms with Crippen molar-refractivity contribution >= 4 is 164 Å². The van der Waals surface area contributed by atoms with E-state index >= 15 is 0 Å². The van der Waals surface area contributed by atoms with Gasteiger partial charge in [-0.15, -0.1) is 12.8 Å². The summed E-state index contributed by atoms with van der Waals surface area (Å²) in [6.45, 7) is 5.14. The molecule has 3 saturated heterocycles. The highest BCUT2D eigenvalue weighted by Gasteiger charge is 2.29. The molecule has 3 aliphatic heterocycles. The second-order valence-corrected chi connectivity index (χ2v) is 30.0. The van der Waals surface area contributed by atoms with Gasteiger partial charge in [-0.1, -0.05) is 81.7 Å². The highest BCUT2D eigenvalue weighted by atomic mass is 35.5. The van der Waals surface area contributed by atoms with Gasteiger partial charge in [0.25, 0.3) is 0 Å². The number of ether oxygens (including phenoxy) is 2. The third-order valence-corrected chi connectivity index (χ3v) is 23.1. The number of nitrogens with one attached hydrogen (secondary N) is 6. The van der Waals surface area contributed by atoms with Crippen molar-refractivity contribution in [1.29, 1.82) is 0 Å². The van der Waals surface area contributed by atoms with Gasteiger partial charge in [0.05, 0.1) is 47.8 Å². The van der Waals surface area contributed by atoms with E-state index < -0.39 is 25.9 Å². The highest BCUT2D eigenvalue weighted by Crippen LogP contribution is 2.37. The molecular formula is C69H62ClFN18O7S5. The van der Waals surface area contributed by atoms with E-state index in [9.17, 15) is 26.3 Å². The monoisotopic (exact) mass is 1470 g/mol. The molecule has 7 N–H and O–H groups in total. The zero-order valence-electron chi connectivity index (χ0n) is 53.5. The topological polar surface area (TPSA) is 305 Å². The molecule has 12 aromatic rings. The van der Waals surface area contributed by atoms with Crippen molar-refractivity contribution in [3.8, 4) is 24.7 Å². The minimum absolute atomic E-state index is 0.000964. The van der Waals surface area contributed by atoms with E-state index in [2.05, 4.69) is 118 Å². The second-order valence-electron chi connectivity index (χ2n) is 22.7. The zero-order valence-corrected chi connectivity index (χ0v) is 58.3. The summed E-state index contributed by atoms with van der Waals surface area (Å²) in [7, 11) is -7.10. The molecule has 3 fully saturated rings. The van der Waals surface area contributed by atoms with Crippen LogP contribution >= 0.6 is 45.6 Å². The summed E-state index contributed by atoms with van der Waals surface area (Å²) < 4.78 is 80.3. The maximum atomic E-state index is 13.4. The highest BCUT2D eigenvalue weighted by molar-refractivity contribution is 7.89. The summed E-state index contributed by atoms with van der Waals surface area (Å²) in [6, 6.07) is 41.2. The molecule has 0 radical (unpaired) electrons. The Bertz CT molecular complexity index is 5250. The Labute approximate surface area is 597 Å². The van der Waals surface area contributed by atoms with E-state index in [4.69, 9.17) is 33.9 Å². The van der Waals surface area contributed by atoms with Crippen LogP contribution in [0.1, 0.15) is 29.5 Å². The summed E-state index contributed by atoms with van der Waals surface area (Å²) in [6.07, 6.45) is 17.6. The minimum Gasteiger partial charge on any atom is -0.395 e. The van der Waals surface area contributed by atoms with Crippen LogP contribution < -0.4 is 31.9 Å². The number of aliphatic hydroxyl groups excluding tert-OH is 1. The van der Waals surface area contributed by atoms with Gasteiger partial charge in [0.1, 0.15) is 38.9 Å². The quantitative estimate of drug-likeness (QED) is 0.0370. The van der Waals surface area contributed by atoms with Crippen molar-refractivity contribution in [2.45, 2.75) is 35.2 Å². The Morgan fingerprint density at radius 1 is 0.515 bits per heavy atom. The van der Waals surface area contributed by atoms with E-state index in [1.165, 1.54) is 79.3 Å². The molecule has 0 bridgehead atoms. The lowest BCUT2D eigenvalue weighted by atomic mass is 10.1. The van der Waals surface area contributed by atoms with Crippen LogP contribution in [-0.4, -0.2) is 152 Å². The maximum Gasteiger partial charge on any atom is 0.243 e. The lowest BCUT2D eigenvalue weighted by molar-refractivity contribution is 0.0730. The first-order chi connectivity index (χ1) is 49.1. The van der Waals surface area contributed by atoms with E-state index in [1.54, 1.807) is 54.6 Å². The minimum atomic E-state index is -3.56. The third-order valence-electron chi connectivity index (χ3n) is 16.1. The Morgan fingerprint density at radius 2 is 0.911 bits per heavy atom. The SMILES string of the molecule is C#Cc1cccc(Nc2ncnc3nc(Nc4ccc(CN5CCC[C@H]5CO)cc4)sc23)c1.C#Cc1cccc(Nc2ncnc3nc(Nc4ccc(S(=O)(=O)N5CCOCC5)cc4)sc23)c1.O=S(=O)(c1ccc(Nc2nc3ncnc(Nc4ccc(F)c(Cl)c4)c3s2)cc1)N1CCOCC1. The number of terminal acetylenes is 2. The van der Waals surface area contributed by atoms with Gasteiger partial charge in [0.2, 0.25) is 20.0 Å². The molecule has 514 valence electrons. The van der Waals surface area contributed by atoms with Crippen molar-refractivity contribution in [2.24, 2.45) is 0 Å². The number of thiazole rings is 3. The zero-order chi connectivity index (χ0) is 69.9. The fourth-order valence-electron chi connectivity index (χ4n) is 10.9. The summed E-state index contributed by atoms with van der Waals surface area (Å²) in [5.74, 6) is 6.57. The van der Waals surface area contributed by atoms with E-state index in [0.29, 0.717) is 119 Å². The molecular weight excluding hydrogens is 1410 g/mol. The molecule has 3 aliphatic rings. The normalized spacial score (nSPS) is 15.2. The van der Waals surface area contributed by atoms with Crippen molar-refractivity contribution in [2.75, 3.05) is 97.7 Å². The number of sulfonamides is 2. The summed E-state index contributed by atoms with van der Waals surface area (Å²) in [5, 5.41) is 30.9. The second kappa shape index (κ2) is 31.7. The van der Waals surface area contributed by atoms with Crippen molar-refractivity contribution < 1.29 is 35.8 Å². The van der Waals surface area contributed by atoms with Crippen LogP contribution in [0.4, 0.5) is 71.4 Å². The Kier molecular flexibility index (Phi) is 21.8. The Hall–Kier alpha value is -9.97. The van der Waals surface area contributed by atoms with E-state index in [1.807, 2.05) is 48.5 Å². The number of fused-ring (bicyclic) bond motifs is 3. The van der Waals surface area contributed by atoms with Crippen LogP contribution in [0.15, 0.2) is 168 Å². The number of hydrogen-bond acceptors (Lipinski definition) is 26. The van der Waals surface area contributed by atoms with Gasteiger partial charge in [-0.3, -0.25) is 4.90 Å². The molecule has 0 saturated carbocycles. The number of morpholine rings is 2. The summed E-state index contributed by atoms with van der Waals surface area (Å²) in [4.78, 5) is 42.2. The number of aromatic nitrogens is 9. The number of benzene rings is 6. The predicted octanol–water partition coefficient (Wildman–Crippen LogP) is 12.5.